The Labute approximate surface area is 215 Å². The third-order valence-corrected chi connectivity index (χ3v) is 5.49. The van der Waals surface area contributed by atoms with Gasteiger partial charge in [-0.25, -0.2) is 4.98 Å². The van der Waals surface area contributed by atoms with Gasteiger partial charge in [0.15, 0.2) is 17.3 Å². The van der Waals surface area contributed by atoms with Crippen molar-refractivity contribution in [2.24, 2.45) is 5.10 Å². The van der Waals surface area contributed by atoms with Crippen LogP contribution in [0.2, 0.25) is 5.02 Å². The monoisotopic (exact) mass is 529 g/mol. The highest BCUT2D eigenvalue weighted by atomic mass is 35.5. The van der Waals surface area contributed by atoms with Gasteiger partial charge in [0.25, 0.3) is 5.56 Å². The highest BCUT2D eigenvalue weighted by Crippen LogP contribution is 2.37. The molecule has 4 rings (SSSR count). The zero-order valence-electron chi connectivity index (χ0n) is 20.2. The predicted molar refractivity (Wildman–Crippen MR) is 138 cm³/mol. The van der Waals surface area contributed by atoms with E-state index >= 15 is 0 Å². The summed E-state index contributed by atoms with van der Waals surface area (Å²) >= 11 is 6.44. The van der Waals surface area contributed by atoms with Crippen LogP contribution in [0, 0.1) is 0 Å². The fourth-order valence-corrected chi connectivity index (χ4v) is 3.92. The topological polar surface area (TPSA) is 65.7 Å². The van der Waals surface area contributed by atoms with Gasteiger partial charge in [-0.2, -0.15) is 22.9 Å². The van der Waals surface area contributed by atoms with E-state index in [1.165, 1.54) is 18.3 Å². The van der Waals surface area contributed by atoms with Gasteiger partial charge in [0.1, 0.15) is 0 Å². The van der Waals surface area contributed by atoms with Gasteiger partial charge in [0, 0.05) is 5.56 Å². The number of nitrogens with zero attached hydrogens (tertiary/aromatic N) is 3. The van der Waals surface area contributed by atoms with E-state index in [2.05, 4.69) is 10.1 Å². The Hall–Kier alpha value is -3.85. The minimum atomic E-state index is -4.56. The summed E-state index contributed by atoms with van der Waals surface area (Å²) in [6, 6.07) is 14.4. The molecule has 0 N–H and O–H groups in total. The van der Waals surface area contributed by atoms with Crippen LogP contribution in [0.5, 0.6) is 11.5 Å². The number of hydrogen-bond donors (Lipinski definition) is 0. The fraction of sp³-hybridized carbons (Fsp3) is 0.222. The second kappa shape index (κ2) is 10.6. The van der Waals surface area contributed by atoms with Crippen LogP contribution in [-0.2, 0) is 6.18 Å². The fourth-order valence-electron chi connectivity index (χ4n) is 3.65. The first-order valence-electron chi connectivity index (χ1n) is 11.4. The lowest BCUT2D eigenvalue weighted by Gasteiger charge is -2.16. The summed E-state index contributed by atoms with van der Waals surface area (Å²) in [5.41, 5.74) is -0.492. The van der Waals surface area contributed by atoms with Crippen molar-refractivity contribution in [3.05, 3.63) is 87.2 Å². The van der Waals surface area contributed by atoms with Crippen LogP contribution < -0.4 is 15.0 Å². The van der Waals surface area contributed by atoms with Gasteiger partial charge in [-0.1, -0.05) is 35.9 Å². The van der Waals surface area contributed by atoms with Crippen LogP contribution in [0.1, 0.15) is 31.9 Å². The largest absolute Gasteiger partial charge is 0.490 e. The minimum absolute atomic E-state index is 0.0399. The van der Waals surface area contributed by atoms with Crippen molar-refractivity contribution in [2.45, 2.75) is 33.1 Å². The third kappa shape index (κ3) is 5.77. The summed E-state index contributed by atoms with van der Waals surface area (Å²) in [6.07, 6.45) is -3.34. The molecule has 0 saturated heterocycles. The van der Waals surface area contributed by atoms with Crippen molar-refractivity contribution in [1.29, 1.82) is 0 Å². The summed E-state index contributed by atoms with van der Waals surface area (Å²) in [6.45, 7) is 5.89. The number of benzene rings is 3. The number of para-hydroxylation sites is 1. The molecule has 1 heterocycles. The lowest BCUT2D eigenvalue weighted by Crippen LogP contribution is -2.20. The molecule has 1 aromatic heterocycles. The summed E-state index contributed by atoms with van der Waals surface area (Å²) in [5.74, 6) is 0.735. The molecule has 0 aliphatic carbocycles. The number of alkyl halides is 3. The van der Waals surface area contributed by atoms with Gasteiger partial charge in [0.05, 0.1) is 40.4 Å². The molecule has 6 nitrogen and oxygen atoms in total. The first-order valence-corrected chi connectivity index (χ1v) is 11.8. The van der Waals surface area contributed by atoms with Crippen LogP contribution in [0.3, 0.4) is 0 Å². The Morgan fingerprint density at radius 1 is 1.11 bits per heavy atom. The lowest BCUT2D eigenvalue weighted by atomic mass is 10.1. The second-order valence-electron chi connectivity index (χ2n) is 8.32. The first kappa shape index (κ1) is 26.2. The Morgan fingerprint density at radius 2 is 1.86 bits per heavy atom. The molecule has 4 aromatic rings. The molecule has 37 heavy (non-hydrogen) atoms. The van der Waals surface area contributed by atoms with Crippen molar-refractivity contribution in [3.8, 4) is 22.9 Å². The molecule has 0 fully saturated rings. The molecule has 0 atom stereocenters. The molecule has 0 amide bonds. The quantitative estimate of drug-likeness (QED) is 0.247. The highest BCUT2D eigenvalue weighted by molar-refractivity contribution is 6.32. The van der Waals surface area contributed by atoms with Crippen molar-refractivity contribution in [2.75, 3.05) is 6.61 Å². The van der Waals surface area contributed by atoms with E-state index in [0.717, 1.165) is 16.8 Å². The SMILES string of the molecule is CCOc1cc(C=Nn2c(-c3cccc(C(F)(F)F)c3)nc3ccccc3c2=O)cc(Cl)c1OC(C)C. The van der Waals surface area contributed by atoms with Crippen molar-refractivity contribution >= 4 is 28.7 Å². The normalized spacial score (nSPS) is 12.0. The maximum absolute atomic E-state index is 13.4. The number of fused-ring (bicyclic) bond motifs is 1. The average molecular weight is 530 g/mol. The number of halogens is 4. The number of ether oxygens (including phenoxy) is 2. The first-order chi connectivity index (χ1) is 17.6. The summed E-state index contributed by atoms with van der Waals surface area (Å²) in [7, 11) is 0. The number of hydrogen-bond acceptors (Lipinski definition) is 5. The highest BCUT2D eigenvalue weighted by Gasteiger charge is 2.31. The zero-order valence-corrected chi connectivity index (χ0v) is 21.0. The molecule has 0 bridgehead atoms. The van der Waals surface area contributed by atoms with Crippen LogP contribution >= 0.6 is 11.6 Å². The summed E-state index contributed by atoms with van der Waals surface area (Å²) in [4.78, 5) is 17.8. The summed E-state index contributed by atoms with van der Waals surface area (Å²) in [5, 5.41) is 4.86. The molecular weight excluding hydrogens is 507 g/mol. The zero-order chi connectivity index (χ0) is 26.7. The second-order valence-corrected chi connectivity index (χ2v) is 8.73. The molecule has 0 aliphatic rings. The Bertz CT molecular complexity index is 1530. The van der Waals surface area contributed by atoms with E-state index in [4.69, 9.17) is 21.1 Å². The number of rotatable bonds is 7. The molecule has 0 saturated carbocycles. The van der Waals surface area contributed by atoms with Crippen LogP contribution in [-0.4, -0.2) is 28.6 Å². The van der Waals surface area contributed by atoms with Crippen molar-refractivity contribution < 1.29 is 22.6 Å². The molecular formula is C27H23ClF3N3O3. The molecule has 0 spiro atoms. The molecule has 10 heteroatoms. The predicted octanol–water partition coefficient (Wildman–Crippen LogP) is 6.80. The Balaban J connectivity index is 1.88. The van der Waals surface area contributed by atoms with E-state index in [0.29, 0.717) is 29.2 Å². The van der Waals surface area contributed by atoms with Crippen molar-refractivity contribution in [3.63, 3.8) is 0 Å². The van der Waals surface area contributed by atoms with E-state index in [1.54, 1.807) is 36.4 Å². The maximum atomic E-state index is 13.4. The molecule has 0 radical (unpaired) electrons. The van der Waals surface area contributed by atoms with Gasteiger partial charge in [0.2, 0.25) is 0 Å². The van der Waals surface area contributed by atoms with Gasteiger partial charge in [-0.05, 0) is 62.7 Å². The van der Waals surface area contributed by atoms with E-state index in [9.17, 15) is 18.0 Å². The molecule has 0 unspecified atom stereocenters. The number of aromatic nitrogens is 2. The third-order valence-electron chi connectivity index (χ3n) is 5.21. The van der Waals surface area contributed by atoms with Crippen LogP contribution in [0.25, 0.3) is 22.3 Å². The Morgan fingerprint density at radius 3 is 2.57 bits per heavy atom. The lowest BCUT2D eigenvalue weighted by molar-refractivity contribution is -0.137. The van der Waals surface area contributed by atoms with Gasteiger partial charge in [-0.3, -0.25) is 4.79 Å². The standard InChI is InChI=1S/C27H23ClF3N3O3/c1-4-36-23-13-17(12-21(28)24(23)37-16(2)3)15-32-34-25(18-8-7-9-19(14-18)27(29,30)31)33-22-11-6-5-10-20(22)26(34)35/h5-16H,4H2,1-3H3. The van der Waals surface area contributed by atoms with Crippen molar-refractivity contribution in [1.82, 2.24) is 9.66 Å². The maximum Gasteiger partial charge on any atom is 0.416 e. The van der Waals surface area contributed by atoms with Crippen LogP contribution in [0.15, 0.2) is 70.6 Å². The van der Waals surface area contributed by atoms with Crippen LogP contribution in [0.4, 0.5) is 13.2 Å². The van der Waals surface area contributed by atoms with Gasteiger partial charge in [-0.15, -0.1) is 0 Å². The van der Waals surface area contributed by atoms with E-state index in [1.807, 2.05) is 20.8 Å². The average Bonchev–Trinajstić information content (AvgIpc) is 2.85. The van der Waals surface area contributed by atoms with Gasteiger partial charge >= 0.3 is 6.18 Å². The van der Waals surface area contributed by atoms with Gasteiger partial charge < -0.3 is 9.47 Å². The van der Waals surface area contributed by atoms with E-state index in [-0.39, 0.29) is 27.9 Å². The molecule has 192 valence electrons. The van der Waals surface area contributed by atoms with E-state index < -0.39 is 17.3 Å². The molecule has 0 aliphatic heterocycles. The molecule has 3 aromatic carbocycles. The minimum Gasteiger partial charge on any atom is -0.490 e. The Kier molecular flexibility index (Phi) is 7.54. The summed E-state index contributed by atoms with van der Waals surface area (Å²) < 4.78 is 52.6. The smallest absolute Gasteiger partial charge is 0.416 e.